The highest BCUT2D eigenvalue weighted by Crippen LogP contribution is 2.68. The van der Waals surface area contributed by atoms with Crippen LogP contribution >= 0.6 is 0 Å². The van der Waals surface area contributed by atoms with Crippen molar-refractivity contribution in [2.45, 2.75) is 97.7 Å². The molecule has 4 rings (SSSR count). The maximum absolute atomic E-state index is 14.0. The summed E-state index contributed by atoms with van der Waals surface area (Å²) in [5.41, 5.74) is -1.97. The lowest BCUT2D eigenvalue weighted by Gasteiger charge is -2.59. The van der Waals surface area contributed by atoms with Crippen molar-refractivity contribution in [1.29, 1.82) is 0 Å². The Labute approximate surface area is 243 Å². The molecular formula is C32H46O9. The number of hydrogen-bond acceptors (Lipinski definition) is 9. The Morgan fingerprint density at radius 2 is 1.83 bits per heavy atom. The maximum atomic E-state index is 14.0. The molecule has 9 nitrogen and oxygen atoms in total. The van der Waals surface area contributed by atoms with Gasteiger partial charge in [0.2, 0.25) is 5.78 Å². The molecule has 0 saturated heterocycles. The zero-order valence-corrected chi connectivity index (χ0v) is 25.1. The number of ketones is 2. The quantitative estimate of drug-likeness (QED) is 0.326. The smallest absolute Gasteiger partial charge is 0.434 e. The third kappa shape index (κ3) is 5.71. The minimum Gasteiger partial charge on any atom is -0.434 e. The van der Waals surface area contributed by atoms with Crippen LogP contribution in [0.25, 0.3) is 0 Å². The van der Waals surface area contributed by atoms with Crippen LogP contribution in [0.4, 0.5) is 9.59 Å². The number of carbonyl (C=O) groups is 4. The number of ether oxygens (including phenoxy) is 4. The van der Waals surface area contributed by atoms with Gasteiger partial charge in [0.25, 0.3) is 0 Å². The van der Waals surface area contributed by atoms with Crippen LogP contribution in [0.1, 0.15) is 86.0 Å². The molecule has 0 aromatic carbocycles. The monoisotopic (exact) mass is 574 g/mol. The summed E-state index contributed by atoms with van der Waals surface area (Å²) in [6.07, 6.45) is 7.52. The highest BCUT2D eigenvalue weighted by molar-refractivity contribution is 6.01. The fourth-order valence-corrected chi connectivity index (χ4v) is 8.42. The molecule has 8 atom stereocenters. The van der Waals surface area contributed by atoms with Crippen LogP contribution in [0.15, 0.2) is 23.8 Å². The standard InChI is InChI=1S/C32H46O9/c1-6-8-20(3)18-39-29(37)41-32(26(35)19-40-28(36)38-15-7-2)14-12-24-23-10-9-21-16-22(33)11-13-30(21,4)27(23)25(34)17-31(24,32)5/h11,13,16,20,23-25,27,34H,6-10,12,14-15,17-19H2,1-5H3/t20?,23-,24-,25?,27+,30-,31-,32-/m0/s1. The first-order valence-corrected chi connectivity index (χ1v) is 15.2. The van der Waals surface area contributed by atoms with Crippen molar-refractivity contribution in [3.05, 3.63) is 23.8 Å². The first-order chi connectivity index (χ1) is 19.4. The predicted molar refractivity (Wildman–Crippen MR) is 150 cm³/mol. The molecule has 3 saturated carbocycles. The van der Waals surface area contributed by atoms with Gasteiger partial charge in [0.1, 0.15) is 0 Å². The predicted octanol–water partition coefficient (Wildman–Crippen LogP) is 5.73. The number of hydrogen-bond donors (Lipinski definition) is 1. The molecule has 0 heterocycles. The highest BCUT2D eigenvalue weighted by Gasteiger charge is 2.70. The zero-order valence-electron chi connectivity index (χ0n) is 25.1. The Bertz CT molecular complexity index is 1090. The van der Waals surface area contributed by atoms with Crippen molar-refractivity contribution in [3.63, 3.8) is 0 Å². The van der Waals surface area contributed by atoms with E-state index in [1.54, 1.807) is 12.2 Å². The molecule has 4 aliphatic rings. The topological polar surface area (TPSA) is 125 Å². The van der Waals surface area contributed by atoms with Crippen LogP contribution in [0.5, 0.6) is 0 Å². The fraction of sp³-hybridized carbons (Fsp3) is 0.750. The average molecular weight is 575 g/mol. The molecule has 0 bridgehead atoms. The average Bonchev–Trinajstić information content (AvgIpc) is 3.21. The first-order valence-electron chi connectivity index (χ1n) is 15.2. The van der Waals surface area contributed by atoms with Crippen LogP contribution in [-0.4, -0.2) is 60.5 Å². The molecule has 0 spiro atoms. The van der Waals surface area contributed by atoms with Gasteiger partial charge in [0.05, 0.1) is 19.3 Å². The van der Waals surface area contributed by atoms with Crippen molar-refractivity contribution >= 4 is 23.9 Å². The number of allylic oxidation sites excluding steroid dienone is 4. The van der Waals surface area contributed by atoms with Gasteiger partial charge in [0, 0.05) is 16.7 Å². The van der Waals surface area contributed by atoms with Crippen LogP contribution in [0.3, 0.4) is 0 Å². The summed E-state index contributed by atoms with van der Waals surface area (Å²) in [7, 11) is 0. The lowest BCUT2D eigenvalue weighted by Crippen LogP contribution is -2.63. The molecule has 0 aromatic heterocycles. The van der Waals surface area contributed by atoms with Gasteiger partial charge in [-0.2, -0.15) is 0 Å². The van der Waals surface area contributed by atoms with E-state index in [0.29, 0.717) is 12.8 Å². The maximum Gasteiger partial charge on any atom is 0.509 e. The van der Waals surface area contributed by atoms with Crippen LogP contribution in [0, 0.1) is 34.5 Å². The van der Waals surface area contributed by atoms with E-state index in [-0.39, 0.29) is 55.5 Å². The summed E-state index contributed by atoms with van der Waals surface area (Å²) in [6, 6.07) is 0. The van der Waals surface area contributed by atoms with E-state index in [2.05, 4.69) is 13.8 Å². The number of carbonyl (C=O) groups excluding carboxylic acids is 4. The molecule has 9 heteroatoms. The van der Waals surface area contributed by atoms with Crippen LogP contribution in [0.2, 0.25) is 0 Å². The normalized spacial score (nSPS) is 36.2. The number of Topliss-reactive ketones (excluding diaryl/α,β-unsaturated/α-hetero) is 1. The Morgan fingerprint density at radius 1 is 1.07 bits per heavy atom. The second kappa shape index (κ2) is 12.3. The van der Waals surface area contributed by atoms with Gasteiger partial charge in [-0.3, -0.25) is 9.59 Å². The van der Waals surface area contributed by atoms with Gasteiger partial charge in [-0.1, -0.05) is 52.7 Å². The highest BCUT2D eigenvalue weighted by atomic mass is 16.7. The van der Waals surface area contributed by atoms with Crippen molar-refractivity contribution in [2.24, 2.45) is 34.5 Å². The number of aliphatic hydroxyl groups is 1. The number of rotatable bonds is 10. The number of aliphatic hydroxyl groups excluding tert-OH is 1. The van der Waals surface area contributed by atoms with Gasteiger partial charge in [-0.05, 0) is 74.9 Å². The van der Waals surface area contributed by atoms with Crippen molar-refractivity contribution in [1.82, 2.24) is 0 Å². The molecule has 1 N–H and O–H groups in total. The Hall–Kier alpha value is -2.68. The second-order valence-electron chi connectivity index (χ2n) is 12.9. The van der Waals surface area contributed by atoms with E-state index in [0.717, 1.165) is 31.3 Å². The van der Waals surface area contributed by atoms with Gasteiger partial charge >= 0.3 is 12.3 Å². The third-order valence-electron chi connectivity index (χ3n) is 10.3. The summed E-state index contributed by atoms with van der Waals surface area (Å²) < 4.78 is 21.6. The summed E-state index contributed by atoms with van der Waals surface area (Å²) in [5.74, 6) is -0.570. The zero-order chi connectivity index (χ0) is 30.0. The Kier molecular flexibility index (Phi) is 9.36. The van der Waals surface area contributed by atoms with E-state index >= 15 is 0 Å². The lowest BCUT2D eigenvalue weighted by molar-refractivity contribution is -0.184. The SMILES string of the molecule is CCCOC(=O)OCC(=O)[C@@]1(OC(=O)OCC(C)CCC)CC[C@H]2[C@@H]3CCC4=CC(=O)C=C[C@]4(C)[C@H]3C(O)C[C@@]21C. The number of fused-ring (bicyclic) bond motifs is 5. The van der Waals surface area contributed by atoms with Crippen LogP contribution < -0.4 is 0 Å². The molecular weight excluding hydrogens is 528 g/mol. The Morgan fingerprint density at radius 3 is 2.54 bits per heavy atom. The molecule has 0 aliphatic heterocycles. The molecule has 0 radical (unpaired) electrons. The third-order valence-corrected chi connectivity index (χ3v) is 10.3. The van der Waals surface area contributed by atoms with Crippen LogP contribution in [-0.2, 0) is 28.5 Å². The second-order valence-corrected chi connectivity index (χ2v) is 12.9. The van der Waals surface area contributed by atoms with E-state index in [4.69, 9.17) is 18.9 Å². The van der Waals surface area contributed by atoms with E-state index in [1.165, 1.54) is 0 Å². The molecule has 3 fully saturated rings. The summed E-state index contributed by atoms with van der Waals surface area (Å²) in [4.78, 5) is 51.3. The summed E-state index contributed by atoms with van der Waals surface area (Å²) in [6.45, 7) is 9.62. The molecule has 41 heavy (non-hydrogen) atoms. The summed E-state index contributed by atoms with van der Waals surface area (Å²) >= 11 is 0. The van der Waals surface area contributed by atoms with E-state index in [1.807, 2.05) is 26.8 Å². The molecule has 0 aromatic rings. The van der Waals surface area contributed by atoms with Crippen molar-refractivity contribution in [2.75, 3.05) is 19.8 Å². The Balaban J connectivity index is 1.63. The van der Waals surface area contributed by atoms with Gasteiger partial charge < -0.3 is 24.1 Å². The molecule has 2 unspecified atom stereocenters. The molecule has 228 valence electrons. The fourth-order valence-electron chi connectivity index (χ4n) is 8.42. The largest absolute Gasteiger partial charge is 0.509 e. The first kappa shape index (κ1) is 31.3. The van der Waals surface area contributed by atoms with Crippen molar-refractivity contribution in [3.8, 4) is 0 Å². The van der Waals surface area contributed by atoms with E-state index in [9.17, 15) is 24.3 Å². The van der Waals surface area contributed by atoms with Gasteiger partial charge in [-0.25, -0.2) is 9.59 Å². The van der Waals surface area contributed by atoms with E-state index < -0.39 is 47.2 Å². The minimum atomic E-state index is -1.63. The molecule has 0 amide bonds. The minimum absolute atomic E-state index is 0.0332. The van der Waals surface area contributed by atoms with Crippen molar-refractivity contribution < 1.29 is 43.2 Å². The summed E-state index contributed by atoms with van der Waals surface area (Å²) in [5, 5.41) is 11.8. The lowest BCUT2D eigenvalue weighted by atomic mass is 9.46. The van der Waals surface area contributed by atoms with Gasteiger partial charge in [0.15, 0.2) is 18.0 Å². The molecule has 4 aliphatic carbocycles. The van der Waals surface area contributed by atoms with Gasteiger partial charge in [-0.15, -0.1) is 0 Å².